The molecule has 0 radical (unpaired) electrons. The van der Waals surface area contributed by atoms with Crippen molar-refractivity contribution in [3.8, 4) is 6.07 Å². The lowest BCUT2D eigenvalue weighted by Crippen LogP contribution is -2.39. The molecule has 1 amide bonds. The van der Waals surface area contributed by atoms with Crippen LogP contribution in [0.5, 0.6) is 0 Å². The first-order valence-electron chi connectivity index (χ1n) is 8.79. The molecule has 1 saturated carbocycles. The number of hydrogen-bond donors (Lipinski definition) is 1. The molecule has 130 valence electrons. The average molecular weight is 346 g/mol. The Kier molecular flexibility index (Phi) is 6.68. The third kappa shape index (κ3) is 4.51. The normalized spacial score (nSPS) is 17.0. The molecular formula is C19H27N3OS. The summed E-state index contributed by atoms with van der Waals surface area (Å²) in [5.41, 5.74) is 3.53. The van der Waals surface area contributed by atoms with Gasteiger partial charge in [-0.3, -0.25) is 4.79 Å². The van der Waals surface area contributed by atoms with Gasteiger partial charge in [-0.1, -0.05) is 37.4 Å². The lowest BCUT2D eigenvalue weighted by molar-refractivity contribution is -0.121. The van der Waals surface area contributed by atoms with Crippen molar-refractivity contribution in [2.45, 2.75) is 82.5 Å². The molecule has 1 aliphatic rings. The number of carbonyl (C=O) groups excluding carboxylic acids is 1. The van der Waals surface area contributed by atoms with E-state index in [2.05, 4.69) is 16.4 Å². The van der Waals surface area contributed by atoms with Gasteiger partial charge in [-0.25, -0.2) is 4.98 Å². The van der Waals surface area contributed by atoms with Crippen LogP contribution >= 0.6 is 11.8 Å². The number of nitrogens with zero attached hydrogens (tertiary/aromatic N) is 2. The molecule has 0 aliphatic heterocycles. The van der Waals surface area contributed by atoms with Crippen LogP contribution in [-0.4, -0.2) is 22.2 Å². The number of nitrogens with one attached hydrogen (secondary N) is 1. The van der Waals surface area contributed by atoms with E-state index in [0.29, 0.717) is 16.6 Å². The van der Waals surface area contributed by atoms with Crippen LogP contribution in [0.3, 0.4) is 0 Å². The number of pyridine rings is 1. The fraction of sp³-hybridized carbons (Fsp3) is 0.632. The van der Waals surface area contributed by atoms with E-state index in [-0.39, 0.29) is 11.2 Å². The number of aromatic nitrogens is 1. The Labute approximate surface area is 149 Å². The first kappa shape index (κ1) is 18.8. The van der Waals surface area contributed by atoms with E-state index < -0.39 is 0 Å². The summed E-state index contributed by atoms with van der Waals surface area (Å²) in [6.07, 6.45) is 7.09. The highest BCUT2D eigenvalue weighted by Crippen LogP contribution is 2.29. The van der Waals surface area contributed by atoms with Gasteiger partial charge in [0.25, 0.3) is 0 Å². The van der Waals surface area contributed by atoms with Gasteiger partial charge in [0, 0.05) is 11.7 Å². The number of rotatable bonds is 4. The van der Waals surface area contributed by atoms with Gasteiger partial charge in [0.05, 0.1) is 10.8 Å². The third-order valence-electron chi connectivity index (χ3n) is 4.93. The molecule has 0 unspecified atom stereocenters. The average Bonchev–Trinajstić information content (AvgIpc) is 2.81. The maximum atomic E-state index is 12.5. The zero-order valence-corrected chi connectivity index (χ0v) is 15.9. The number of hydrogen-bond acceptors (Lipinski definition) is 4. The lowest BCUT2D eigenvalue weighted by atomic mass is 10.1. The summed E-state index contributed by atoms with van der Waals surface area (Å²) in [6.45, 7) is 7.77. The van der Waals surface area contributed by atoms with Crippen molar-refractivity contribution < 1.29 is 4.79 Å². The van der Waals surface area contributed by atoms with Gasteiger partial charge in [-0.15, -0.1) is 0 Å². The van der Waals surface area contributed by atoms with Crippen LogP contribution in [0.4, 0.5) is 0 Å². The molecule has 1 atom stereocenters. The van der Waals surface area contributed by atoms with E-state index >= 15 is 0 Å². The van der Waals surface area contributed by atoms with Crippen molar-refractivity contribution in [1.82, 2.24) is 10.3 Å². The predicted molar refractivity (Wildman–Crippen MR) is 98.1 cm³/mol. The smallest absolute Gasteiger partial charge is 0.233 e. The first-order valence-corrected chi connectivity index (χ1v) is 9.67. The van der Waals surface area contributed by atoms with Gasteiger partial charge >= 0.3 is 0 Å². The maximum absolute atomic E-state index is 12.5. The Morgan fingerprint density at radius 3 is 2.42 bits per heavy atom. The molecule has 1 heterocycles. The van der Waals surface area contributed by atoms with Gasteiger partial charge in [0.1, 0.15) is 11.1 Å². The molecular weight excluding hydrogens is 318 g/mol. The third-order valence-corrected chi connectivity index (χ3v) is 6.02. The summed E-state index contributed by atoms with van der Waals surface area (Å²) in [7, 11) is 0. The van der Waals surface area contributed by atoms with Crippen molar-refractivity contribution in [2.24, 2.45) is 0 Å². The van der Waals surface area contributed by atoms with Crippen molar-refractivity contribution in [3.05, 3.63) is 22.4 Å². The second kappa shape index (κ2) is 8.53. The van der Waals surface area contributed by atoms with Crippen LogP contribution in [0, 0.1) is 32.1 Å². The fourth-order valence-electron chi connectivity index (χ4n) is 3.09. The minimum absolute atomic E-state index is 0.0495. The summed E-state index contributed by atoms with van der Waals surface area (Å²) in [5, 5.41) is 13.1. The van der Waals surface area contributed by atoms with E-state index in [1.165, 1.54) is 37.4 Å². The highest BCUT2D eigenvalue weighted by molar-refractivity contribution is 8.00. The van der Waals surface area contributed by atoms with Gasteiger partial charge in [-0.2, -0.15) is 5.26 Å². The van der Waals surface area contributed by atoms with Crippen LogP contribution in [0.15, 0.2) is 5.03 Å². The van der Waals surface area contributed by atoms with Crippen LogP contribution in [0.1, 0.15) is 67.8 Å². The zero-order valence-electron chi connectivity index (χ0n) is 15.1. The van der Waals surface area contributed by atoms with Crippen LogP contribution in [0.2, 0.25) is 0 Å². The van der Waals surface area contributed by atoms with Gasteiger partial charge in [0.2, 0.25) is 5.91 Å². The Morgan fingerprint density at radius 1 is 1.21 bits per heavy atom. The molecule has 1 aromatic heterocycles. The monoisotopic (exact) mass is 345 g/mol. The molecule has 0 spiro atoms. The Hall–Kier alpha value is -1.54. The van der Waals surface area contributed by atoms with Crippen molar-refractivity contribution in [1.29, 1.82) is 5.26 Å². The molecule has 0 saturated heterocycles. The van der Waals surface area contributed by atoms with E-state index in [1.807, 2.05) is 27.7 Å². The molecule has 1 fully saturated rings. The maximum Gasteiger partial charge on any atom is 0.233 e. The minimum atomic E-state index is -0.255. The van der Waals surface area contributed by atoms with Crippen LogP contribution < -0.4 is 5.32 Å². The summed E-state index contributed by atoms with van der Waals surface area (Å²) in [4.78, 5) is 17.1. The van der Waals surface area contributed by atoms with E-state index in [4.69, 9.17) is 0 Å². The quantitative estimate of drug-likeness (QED) is 0.656. The molecule has 2 rings (SSSR count). The van der Waals surface area contributed by atoms with Gasteiger partial charge in [-0.05, 0) is 51.7 Å². The molecule has 0 aromatic carbocycles. The number of aryl methyl sites for hydroxylation is 1. The fourth-order valence-corrected chi connectivity index (χ4v) is 4.11. The summed E-state index contributed by atoms with van der Waals surface area (Å²) < 4.78 is 0. The Bertz CT molecular complexity index is 643. The van der Waals surface area contributed by atoms with Crippen molar-refractivity contribution >= 4 is 17.7 Å². The SMILES string of the molecule is Cc1nc(S[C@H](C)C(=O)NC2CCCCCC2)c(C#N)c(C)c1C. The van der Waals surface area contributed by atoms with Crippen molar-refractivity contribution in [2.75, 3.05) is 0 Å². The van der Waals surface area contributed by atoms with Crippen molar-refractivity contribution in [3.63, 3.8) is 0 Å². The molecule has 24 heavy (non-hydrogen) atoms. The topological polar surface area (TPSA) is 65.8 Å². The second-order valence-electron chi connectivity index (χ2n) is 6.70. The van der Waals surface area contributed by atoms with Crippen LogP contribution in [-0.2, 0) is 4.79 Å². The van der Waals surface area contributed by atoms with Crippen LogP contribution in [0.25, 0.3) is 0 Å². The lowest BCUT2D eigenvalue weighted by Gasteiger charge is -2.20. The molecule has 1 N–H and O–H groups in total. The molecule has 1 aromatic rings. The van der Waals surface area contributed by atoms with E-state index in [9.17, 15) is 10.1 Å². The van der Waals surface area contributed by atoms with Gasteiger partial charge in [0.15, 0.2) is 0 Å². The number of thioether (sulfide) groups is 1. The Morgan fingerprint density at radius 2 is 1.83 bits per heavy atom. The molecule has 1 aliphatic carbocycles. The molecule has 4 nitrogen and oxygen atoms in total. The Balaban J connectivity index is 2.07. The summed E-state index contributed by atoms with van der Waals surface area (Å²) in [6, 6.07) is 2.55. The molecule has 0 bridgehead atoms. The number of amides is 1. The number of carbonyl (C=O) groups is 1. The zero-order chi connectivity index (χ0) is 17.7. The highest BCUT2D eigenvalue weighted by Gasteiger charge is 2.22. The summed E-state index contributed by atoms with van der Waals surface area (Å²) >= 11 is 1.39. The number of nitriles is 1. The van der Waals surface area contributed by atoms with E-state index in [1.54, 1.807) is 0 Å². The first-order chi connectivity index (χ1) is 11.4. The van der Waals surface area contributed by atoms with Gasteiger partial charge < -0.3 is 5.32 Å². The summed E-state index contributed by atoms with van der Waals surface area (Å²) in [5.74, 6) is 0.0495. The predicted octanol–water partition coefficient (Wildman–Crippen LogP) is 4.20. The second-order valence-corrected chi connectivity index (χ2v) is 8.03. The highest BCUT2D eigenvalue weighted by atomic mass is 32.2. The minimum Gasteiger partial charge on any atom is -0.352 e. The standard InChI is InChI=1S/C19H27N3OS/c1-12-13(2)17(11-20)19(21-14(12)3)24-15(4)18(23)22-16-9-7-5-6-8-10-16/h15-16H,5-10H2,1-4H3,(H,22,23)/t15-/m1/s1. The van der Waals surface area contributed by atoms with E-state index in [0.717, 1.165) is 29.7 Å². The largest absolute Gasteiger partial charge is 0.352 e. The molecule has 5 heteroatoms.